The first kappa shape index (κ1) is 11.7. The van der Waals surface area contributed by atoms with Crippen molar-refractivity contribution in [1.82, 2.24) is 0 Å². The minimum Gasteiger partial charge on any atom is -0.489 e. The Labute approximate surface area is 94.3 Å². The van der Waals surface area contributed by atoms with Crippen LogP contribution in [0.5, 0.6) is 5.75 Å². The molecule has 0 unspecified atom stereocenters. The van der Waals surface area contributed by atoms with Gasteiger partial charge in [0.2, 0.25) is 0 Å². The smallest absolute Gasteiger partial charge is 0.334 e. The van der Waals surface area contributed by atoms with Crippen molar-refractivity contribution in [2.24, 2.45) is 0 Å². The predicted molar refractivity (Wildman–Crippen MR) is 56.4 cm³/mol. The van der Waals surface area contributed by atoms with E-state index in [1.165, 1.54) is 18.2 Å². The van der Waals surface area contributed by atoms with Crippen molar-refractivity contribution in [1.29, 1.82) is 0 Å². The zero-order chi connectivity index (χ0) is 11.4. The fourth-order valence-corrected chi connectivity index (χ4v) is 1.05. The van der Waals surface area contributed by atoms with E-state index >= 15 is 0 Å². The van der Waals surface area contributed by atoms with Crippen molar-refractivity contribution in [3.8, 4) is 5.75 Å². The van der Waals surface area contributed by atoms with Gasteiger partial charge in [-0.3, -0.25) is 0 Å². The van der Waals surface area contributed by atoms with Crippen molar-refractivity contribution < 1.29 is 19.0 Å². The van der Waals surface area contributed by atoms with Crippen LogP contribution in [0.1, 0.15) is 0 Å². The van der Waals surface area contributed by atoms with Crippen LogP contribution in [-0.2, 0) is 4.79 Å². The molecule has 0 spiro atoms. The van der Waals surface area contributed by atoms with E-state index in [0.717, 1.165) is 0 Å². The summed E-state index contributed by atoms with van der Waals surface area (Å²) in [7, 11) is 0. The molecule has 0 aliphatic rings. The minimum atomic E-state index is -1.13. The summed E-state index contributed by atoms with van der Waals surface area (Å²) in [6, 6.07) is 4.18. The number of halogens is 2. The summed E-state index contributed by atoms with van der Waals surface area (Å²) in [6.07, 6.45) is 0. The molecule has 80 valence electrons. The predicted octanol–water partition coefficient (Wildman–Crippen LogP) is 2.61. The van der Waals surface area contributed by atoms with E-state index in [1.807, 2.05) is 0 Å². The van der Waals surface area contributed by atoms with Crippen LogP contribution < -0.4 is 4.74 Å². The molecule has 0 aliphatic heterocycles. The van der Waals surface area contributed by atoms with Gasteiger partial charge in [-0.1, -0.05) is 6.58 Å². The molecule has 3 nitrogen and oxygen atoms in total. The Balaban J connectivity index is 2.62. The third-order valence-corrected chi connectivity index (χ3v) is 2.25. The van der Waals surface area contributed by atoms with Crippen LogP contribution in [0.2, 0.25) is 0 Å². The van der Waals surface area contributed by atoms with E-state index in [2.05, 4.69) is 22.5 Å². The number of ether oxygens (including phenoxy) is 1. The highest BCUT2D eigenvalue weighted by Crippen LogP contribution is 2.21. The molecule has 0 amide bonds. The van der Waals surface area contributed by atoms with E-state index in [-0.39, 0.29) is 17.9 Å². The first-order valence-electron chi connectivity index (χ1n) is 3.99. The molecule has 0 atom stereocenters. The second kappa shape index (κ2) is 4.93. The molecule has 0 saturated heterocycles. The summed E-state index contributed by atoms with van der Waals surface area (Å²) in [5, 5.41) is 8.50. The normalized spacial score (nSPS) is 9.73. The standard InChI is InChI=1S/C10H8BrFO3/c1-6(10(13)14)5-15-7-2-3-8(11)9(12)4-7/h2-4H,1,5H2,(H,13,14). The summed E-state index contributed by atoms with van der Waals surface area (Å²) < 4.78 is 18.3. The lowest BCUT2D eigenvalue weighted by molar-refractivity contribution is -0.133. The van der Waals surface area contributed by atoms with Crippen LogP contribution in [0.15, 0.2) is 34.8 Å². The van der Waals surface area contributed by atoms with Crippen LogP contribution in [0.25, 0.3) is 0 Å². The lowest BCUT2D eigenvalue weighted by Gasteiger charge is -2.06. The number of hydrogen-bond donors (Lipinski definition) is 1. The lowest BCUT2D eigenvalue weighted by atomic mass is 10.3. The first-order chi connectivity index (χ1) is 7.00. The SMILES string of the molecule is C=C(COc1ccc(Br)c(F)c1)C(=O)O. The van der Waals surface area contributed by atoms with Crippen LogP contribution in [-0.4, -0.2) is 17.7 Å². The van der Waals surface area contributed by atoms with Crippen LogP contribution in [0.4, 0.5) is 4.39 Å². The van der Waals surface area contributed by atoms with Gasteiger partial charge in [-0.25, -0.2) is 9.18 Å². The number of carboxylic acids is 1. The number of rotatable bonds is 4. The maximum absolute atomic E-state index is 13.0. The first-order valence-corrected chi connectivity index (χ1v) is 4.79. The second-order valence-electron chi connectivity index (χ2n) is 2.77. The van der Waals surface area contributed by atoms with E-state index in [4.69, 9.17) is 9.84 Å². The van der Waals surface area contributed by atoms with Crippen molar-refractivity contribution in [2.45, 2.75) is 0 Å². The molecule has 0 radical (unpaired) electrons. The molecule has 1 N–H and O–H groups in total. The van der Waals surface area contributed by atoms with E-state index < -0.39 is 11.8 Å². The van der Waals surface area contributed by atoms with Gasteiger partial charge in [-0.2, -0.15) is 0 Å². The molecule has 0 aliphatic carbocycles. The molecule has 1 rings (SSSR count). The molecule has 5 heteroatoms. The van der Waals surface area contributed by atoms with Crippen molar-refractivity contribution in [2.75, 3.05) is 6.61 Å². The number of benzene rings is 1. The highest BCUT2D eigenvalue weighted by atomic mass is 79.9. The Hall–Kier alpha value is -1.36. The Kier molecular flexibility index (Phi) is 3.85. The van der Waals surface area contributed by atoms with Gasteiger partial charge in [-0.05, 0) is 28.1 Å². The molecule has 1 aromatic carbocycles. The Morgan fingerprint density at radius 2 is 2.27 bits per heavy atom. The van der Waals surface area contributed by atoms with Gasteiger partial charge in [0.25, 0.3) is 0 Å². The quantitative estimate of drug-likeness (QED) is 0.859. The summed E-state index contributed by atoms with van der Waals surface area (Å²) in [4.78, 5) is 10.4. The van der Waals surface area contributed by atoms with Crippen molar-refractivity contribution in [3.05, 3.63) is 40.6 Å². The van der Waals surface area contributed by atoms with Gasteiger partial charge in [-0.15, -0.1) is 0 Å². The fourth-order valence-electron chi connectivity index (χ4n) is 0.799. The zero-order valence-electron chi connectivity index (χ0n) is 7.67. The molecule has 0 fully saturated rings. The second-order valence-corrected chi connectivity index (χ2v) is 3.63. The summed E-state index contributed by atoms with van der Waals surface area (Å²) in [5.41, 5.74) is -0.0849. The summed E-state index contributed by atoms with van der Waals surface area (Å²) in [6.45, 7) is 3.11. The molecule has 15 heavy (non-hydrogen) atoms. The van der Waals surface area contributed by atoms with Gasteiger partial charge in [0.15, 0.2) is 0 Å². The molecular formula is C10H8BrFO3. The number of hydrogen-bond acceptors (Lipinski definition) is 2. The average Bonchev–Trinajstić information content (AvgIpc) is 2.19. The maximum atomic E-state index is 13.0. The topological polar surface area (TPSA) is 46.5 Å². The monoisotopic (exact) mass is 274 g/mol. The fraction of sp³-hybridized carbons (Fsp3) is 0.100. The number of carboxylic acid groups (broad SMARTS) is 1. The molecular weight excluding hydrogens is 267 g/mol. The van der Waals surface area contributed by atoms with Crippen LogP contribution in [0.3, 0.4) is 0 Å². The zero-order valence-corrected chi connectivity index (χ0v) is 9.25. The van der Waals surface area contributed by atoms with E-state index in [1.54, 1.807) is 0 Å². The van der Waals surface area contributed by atoms with Gasteiger partial charge < -0.3 is 9.84 Å². The van der Waals surface area contributed by atoms with Crippen molar-refractivity contribution >= 4 is 21.9 Å². The third kappa shape index (κ3) is 3.36. The molecule has 1 aromatic rings. The Morgan fingerprint density at radius 3 is 2.80 bits per heavy atom. The van der Waals surface area contributed by atoms with Gasteiger partial charge in [0, 0.05) is 6.07 Å². The molecule has 0 bridgehead atoms. The van der Waals surface area contributed by atoms with Gasteiger partial charge in [0.05, 0.1) is 10.0 Å². The highest BCUT2D eigenvalue weighted by molar-refractivity contribution is 9.10. The van der Waals surface area contributed by atoms with E-state index in [0.29, 0.717) is 4.47 Å². The Morgan fingerprint density at radius 1 is 1.60 bits per heavy atom. The summed E-state index contributed by atoms with van der Waals surface area (Å²) >= 11 is 2.99. The minimum absolute atomic E-state index is 0.0849. The van der Waals surface area contributed by atoms with Crippen molar-refractivity contribution in [3.63, 3.8) is 0 Å². The van der Waals surface area contributed by atoms with E-state index in [9.17, 15) is 9.18 Å². The summed E-state index contributed by atoms with van der Waals surface area (Å²) in [5.74, 6) is -1.33. The lowest BCUT2D eigenvalue weighted by Crippen LogP contribution is -2.08. The maximum Gasteiger partial charge on any atom is 0.334 e. The highest BCUT2D eigenvalue weighted by Gasteiger charge is 2.06. The molecule has 0 saturated carbocycles. The van der Waals surface area contributed by atoms with Gasteiger partial charge in [0.1, 0.15) is 18.2 Å². The van der Waals surface area contributed by atoms with Crippen LogP contribution in [0, 0.1) is 5.82 Å². The Bertz CT molecular complexity index is 404. The largest absolute Gasteiger partial charge is 0.489 e. The molecule has 0 heterocycles. The van der Waals surface area contributed by atoms with Gasteiger partial charge >= 0.3 is 5.97 Å². The molecule has 0 aromatic heterocycles. The average molecular weight is 275 g/mol. The number of carbonyl (C=O) groups is 1. The number of aliphatic carboxylic acids is 1. The third-order valence-electron chi connectivity index (χ3n) is 1.61. The van der Waals surface area contributed by atoms with Crippen LogP contribution >= 0.6 is 15.9 Å².